The fourth-order valence-electron chi connectivity index (χ4n) is 1.78. The highest BCUT2D eigenvalue weighted by Gasteiger charge is 2.20. The van der Waals surface area contributed by atoms with Gasteiger partial charge in [-0.15, -0.1) is 11.3 Å². The molecule has 0 aromatic carbocycles. The Morgan fingerprint density at radius 1 is 1.50 bits per heavy atom. The fourth-order valence-corrected chi connectivity index (χ4v) is 2.57. The van der Waals surface area contributed by atoms with Crippen LogP contribution in [0, 0.1) is 5.92 Å². The summed E-state index contributed by atoms with van der Waals surface area (Å²) < 4.78 is 0. The zero-order valence-corrected chi connectivity index (χ0v) is 10.7. The van der Waals surface area contributed by atoms with E-state index in [1.807, 2.05) is 11.6 Å². The Labute approximate surface area is 102 Å². The molecule has 1 heterocycles. The molecule has 16 heavy (non-hydrogen) atoms. The van der Waals surface area contributed by atoms with Gasteiger partial charge in [0.05, 0.1) is 6.04 Å². The van der Waals surface area contributed by atoms with Gasteiger partial charge < -0.3 is 10.6 Å². The topological polar surface area (TPSA) is 37.0 Å². The number of thiazole rings is 1. The van der Waals surface area contributed by atoms with E-state index in [0.29, 0.717) is 6.04 Å². The lowest BCUT2D eigenvalue weighted by atomic mass is 10.2. The number of nitrogens with zero attached hydrogens (tertiary/aromatic N) is 1. The summed E-state index contributed by atoms with van der Waals surface area (Å²) in [4.78, 5) is 4.36. The minimum absolute atomic E-state index is 0.433. The van der Waals surface area contributed by atoms with Gasteiger partial charge >= 0.3 is 0 Å². The quantitative estimate of drug-likeness (QED) is 0.683. The van der Waals surface area contributed by atoms with Gasteiger partial charge in [-0.3, -0.25) is 0 Å². The van der Waals surface area contributed by atoms with Gasteiger partial charge in [-0.1, -0.05) is 6.92 Å². The summed E-state index contributed by atoms with van der Waals surface area (Å²) in [5.41, 5.74) is 0. The molecule has 3 nitrogen and oxygen atoms in total. The third-order valence-corrected chi connectivity index (χ3v) is 3.87. The highest BCUT2D eigenvalue weighted by Crippen LogP contribution is 2.27. The second-order valence-corrected chi connectivity index (χ2v) is 5.36. The van der Waals surface area contributed by atoms with Crippen molar-refractivity contribution in [3.63, 3.8) is 0 Å². The van der Waals surface area contributed by atoms with Crippen LogP contribution in [0.15, 0.2) is 11.6 Å². The van der Waals surface area contributed by atoms with Crippen LogP contribution in [0.4, 0.5) is 0 Å². The van der Waals surface area contributed by atoms with Crippen LogP contribution in [-0.2, 0) is 0 Å². The first-order valence-electron chi connectivity index (χ1n) is 6.23. The predicted octanol–water partition coefficient (Wildman–Crippen LogP) is 2.18. The van der Waals surface area contributed by atoms with E-state index in [4.69, 9.17) is 0 Å². The summed E-state index contributed by atoms with van der Waals surface area (Å²) in [5, 5.41) is 10.3. The average Bonchev–Trinajstić information content (AvgIpc) is 2.97. The molecule has 0 spiro atoms. The molecule has 2 rings (SSSR count). The van der Waals surface area contributed by atoms with Gasteiger partial charge in [0.2, 0.25) is 0 Å². The molecule has 90 valence electrons. The van der Waals surface area contributed by atoms with Crippen LogP contribution in [-0.4, -0.2) is 24.6 Å². The zero-order valence-electron chi connectivity index (χ0n) is 9.91. The normalized spacial score (nSPS) is 17.6. The van der Waals surface area contributed by atoms with Crippen molar-refractivity contribution in [3.05, 3.63) is 16.6 Å². The predicted molar refractivity (Wildman–Crippen MR) is 68.7 cm³/mol. The first-order chi connectivity index (χ1) is 7.90. The second-order valence-electron chi connectivity index (χ2n) is 4.43. The third-order valence-electron chi connectivity index (χ3n) is 2.98. The van der Waals surface area contributed by atoms with Gasteiger partial charge in [-0.2, -0.15) is 0 Å². The molecule has 0 amide bonds. The summed E-state index contributed by atoms with van der Waals surface area (Å²) in [5.74, 6) is 0.973. The van der Waals surface area contributed by atoms with Crippen molar-refractivity contribution >= 4 is 11.3 Å². The second kappa shape index (κ2) is 6.33. The molecule has 4 heteroatoms. The minimum atomic E-state index is 0.433. The number of aromatic nitrogens is 1. The van der Waals surface area contributed by atoms with E-state index in [0.717, 1.165) is 25.4 Å². The number of nitrogens with one attached hydrogen (secondary N) is 2. The van der Waals surface area contributed by atoms with Gasteiger partial charge in [-0.05, 0) is 31.7 Å². The molecule has 1 saturated carbocycles. The molecular formula is C12H21N3S. The lowest BCUT2D eigenvalue weighted by Crippen LogP contribution is -2.31. The Morgan fingerprint density at radius 3 is 3.00 bits per heavy atom. The van der Waals surface area contributed by atoms with E-state index in [1.165, 1.54) is 24.4 Å². The van der Waals surface area contributed by atoms with Gasteiger partial charge in [0, 0.05) is 24.7 Å². The van der Waals surface area contributed by atoms with Gasteiger partial charge in [0.15, 0.2) is 0 Å². The Kier molecular flexibility index (Phi) is 4.75. The molecule has 0 saturated heterocycles. The van der Waals surface area contributed by atoms with Crippen LogP contribution in [0.2, 0.25) is 0 Å². The van der Waals surface area contributed by atoms with Crippen LogP contribution in [0.1, 0.15) is 37.2 Å². The third kappa shape index (κ3) is 3.85. The summed E-state index contributed by atoms with van der Waals surface area (Å²) in [6, 6.07) is 0.433. The van der Waals surface area contributed by atoms with E-state index in [-0.39, 0.29) is 0 Å². The standard InChI is InChI=1S/C12H21N3S/c1-2-11(12-15-7-8-16-12)14-6-5-13-9-10-3-4-10/h7-8,10-11,13-14H,2-6,9H2,1H3. The number of hydrogen-bond donors (Lipinski definition) is 2. The Bertz CT molecular complexity index is 282. The Morgan fingerprint density at radius 2 is 2.38 bits per heavy atom. The highest BCUT2D eigenvalue weighted by molar-refractivity contribution is 7.09. The molecule has 1 aliphatic rings. The van der Waals surface area contributed by atoms with E-state index >= 15 is 0 Å². The van der Waals surface area contributed by atoms with Gasteiger partial charge in [0.1, 0.15) is 5.01 Å². The van der Waals surface area contributed by atoms with Crippen LogP contribution >= 0.6 is 11.3 Å². The molecular weight excluding hydrogens is 218 g/mol. The van der Waals surface area contributed by atoms with Gasteiger partial charge in [-0.25, -0.2) is 4.98 Å². The molecule has 1 aromatic rings. The molecule has 2 N–H and O–H groups in total. The van der Waals surface area contributed by atoms with E-state index in [1.54, 1.807) is 11.3 Å². The van der Waals surface area contributed by atoms with E-state index in [2.05, 4.69) is 22.5 Å². The summed E-state index contributed by atoms with van der Waals surface area (Å²) in [6.07, 6.45) is 5.85. The largest absolute Gasteiger partial charge is 0.315 e. The van der Waals surface area contributed by atoms with Crippen molar-refractivity contribution in [3.8, 4) is 0 Å². The Balaban J connectivity index is 1.59. The van der Waals surface area contributed by atoms with Gasteiger partial charge in [0.25, 0.3) is 0 Å². The number of hydrogen-bond acceptors (Lipinski definition) is 4. The smallest absolute Gasteiger partial charge is 0.109 e. The Hall–Kier alpha value is -0.450. The first kappa shape index (κ1) is 12.0. The molecule has 0 bridgehead atoms. The van der Waals surface area contributed by atoms with Crippen LogP contribution < -0.4 is 10.6 Å². The molecule has 1 fully saturated rings. The summed E-state index contributed by atoms with van der Waals surface area (Å²) in [6.45, 7) is 5.51. The summed E-state index contributed by atoms with van der Waals surface area (Å²) in [7, 11) is 0. The lowest BCUT2D eigenvalue weighted by Gasteiger charge is -2.14. The summed E-state index contributed by atoms with van der Waals surface area (Å²) >= 11 is 1.74. The van der Waals surface area contributed by atoms with Crippen molar-refractivity contribution in [1.29, 1.82) is 0 Å². The first-order valence-corrected chi connectivity index (χ1v) is 7.11. The van der Waals surface area contributed by atoms with E-state index in [9.17, 15) is 0 Å². The fraction of sp³-hybridized carbons (Fsp3) is 0.750. The SMILES string of the molecule is CCC(NCCNCC1CC1)c1nccs1. The van der Waals surface area contributed by atoms with Crippen LogP contribution in [0.3, 0.4) is 0 Å². The molecule has 1 aromatic heterocycles. The molecule has 0 radical (unpaired) electrons. The molecule has 1 unspecified atom stereocenters. The maximum Gasteiger partial charge on any atom is 0.109 e. The average molecular weight is 239 g/mol. The number of rotatable bonds is 8. The van der Waals surface area contributed by atoms with Crippen molar-refractivity contribution in [2.24, 2.45) is 5.92 Å². The van der Waals surface area contributed by atoms with Crippen molar-refractivity contribution in [1.82, 2.24) is 15.6 Å². The molecule has 0 aliphatic heterocycles. The molecule has 1 atom stereocenters. The minimum Gasteiger partial charge on any atom is -0.315 e. The lowest BCUT2D eigenvalue weighted by molar-refractivity contribution is 0.499. The van der Waals surface area contributed by atoms with Crippen LogP contribution in [0.5, 0.6) is 0 Å². The van der Waals surface area contributed by atoms with Crippen molar-refractivity contribution in [2.45, 2.75) is 32.2 Å². The maximum absolute atomic E-state index is 4.36. The highest BCUT2D eigenvalue weighted by atomic mass is 32.1. The molecule has 1 aliphatic carbocycles. The van der Waals surface area contributed by atoms with E-state index < -0.39 is 0 Å². The zero-order chi connectivity index (χ0) is 11.2. The van der Waals surface area contributed by atoms with Crippen molar-refractivity contribution in [2.75, 3.05) is 19.6 Å². The van der Waals surface area contributed by atoms with Crippen molar-refractivity contribution < 1.29 is 0 Å². The van der Waals surface area contributed by atoms with Crippen LogP contribution in [0.25, 0.3) is 0 Å². The maximum atomic E-state index is 4.36. The monoisotopic (exact) mass is 239 g/mol.